The summed E-state index contributed by atoms with van der Waals surface area (Å²) in [6.07, 6.45) is 6.10. The number of para-hydroxylation sites is 5. The Morgan fingerprint density at radius 2 is 0.976 bits per heavy atom. The number of pyridine rings is 2. The van der Waals surface area contributed by atoms with Crippen LogP contribution in [0.2, 0.25) is 0 Å². The quantitative estimate of drug-likeness (QED) is 0.130. The largest absolute Gasteiger partial charge is 0.361 e. The van der Waals surface area contributed by atoms with E-state index in [0.717, 1.165) is 11.2 Å². The van der Waals surface area contributed by atoms with Crippen LogP contribution in [0.4, 0.5) is 34.1 Å². The molecule has 4 aliphatic heterocycles. The summed E-state index contributed by atoms with van der Waals surface area (Å²) in [5.74, 6) is 1.15. The molecule has 0 fully saturated rings. The predicted octanol–water partition coefficient (Wildman–Crippen LogP) is 20.2. The van der Waals surface area contributed by atoms with Crippen LogP contribution >= 0.6 is 0 Å². The third kappa shape index (κ3) is 7.10. The summed E-state index contributed by atoms with van der Waals surface area (Å²) in [6.45, 7) is 35.5. The van der Waals surface area contributed by atoms with Gasteiger partial charge in [0.25, 0.3) is 5.69 Å². The zero-order valence-corrected chi connectivity index (χ0v) is 52.1. The van der Waals surface area contributed by atoms with Gasteiger partial charge in [0.05, 0.1) is 23.9 Å². The molecule has 418 valence electrons. The van der Waals surface area contributed by atoms with Crippen molar-refractivity contribution < 1.29 is 4.68 Å². The maximum Gasteiger partial charge on any atom is 0.361 e. The number of benzene rings is 8. The molecule has 1 spiro atoms. The first-order valence-electron chi connectivity index (χ1n) is 30.5. The SMILES string of the molecule is CC(C)(C)c1cc(-c2cccc(-c3cc(C(C)(C)C)cc(C(C)(C)C)c3)c2N2c3ccccc3[N+]3(C)c4cccc5c4[N+]4(c6c(ccc7c8ccccc8n(c67)-c6cc(C(C)(C)C)cc[n+]64)-c4cc6cnccc6cc4-5)C23)cc(C(C)(C)C)c1. The van der Waals surface area contributed by atoms with Crippen LogP contribution in [0, 0.1) is 0 Å². The second-order valence-electron chi connectivity index (χ2n) is 30.1. The van der Waals surface area contributed by atoms with Gasteiger partial charge < -0.3 is 0 Å². The van der Waals surface area contributed by atoms with Crippen LogP contribution in [-0.2, 0) is 27.1 Å². The Hall–Kier alpha value is -8.16. The Bertz CT molecular complexity index is 4510. The summed E-state index contributed by atoms with van der Waals surface area (Å²) < 4.78 is 6.24. The van der Waals surface area contributed by atoms with Crippen molar-refractivity contribution in [3.05, 3.63) is 210 Å². The fraction of sp³-hybridized carbons (Fsp3) is 0.282. The first-order valence-corrected chi connectivity index (χ1v) is 30.5. The van der Waals surface area contributed by atoms with E-state index in [-0.39, 0.29) is 33.4 Å². The third-order valence-corrected chi connectivity index (χ3v) is 19.6. The van der Waals surface area contributed by atoms with Gasteiger partial charge in [0.2, 0.25) is 16.9 Å². The van der Waals surface area contributed by atoms with Crippen LogP contribution in [0.3, 0.4) is 0 Å². The van der Waals surface area contributed by atoms with Gasteiger partial charge >= 0.3 is 12.1 Å². The van der Waals surface area contributed by atoms with E-state index in [2.05, 4.69) is 295 Å². The van der Waals surface area contributed by atoms with Gasteiger partial charge in [-0.25, -0.2) is 4.90 Å². The summed E-state index contributed by atoms with van der Waals surface area (Å²) >= 11 is 0. The highest BCUT2D eigenvalue weighted by molar-refractivity contribution is 6.20. The molecule has 3 aromatic heterocycles. The molecule has 84 heavy (non-hydrogen) atoms. The number of rotatable bonds is 3. The molecule has 6 heteroatoms. The minimum Gasteiger partial charge on any atom is -0.264 e. The second kappa shape index (κ2) is 17.0. The molecule has 0 saturated carbocycles. The van der Waals surface area contributed by atoms with Gasteiger partial charge in [0, 0.05) is 57.9 Å². The molecule has 0 saturated heterocycles. The van der Waals surface area contributed by atoms with E-state index in [1.807, 2.05) is 12.4 Å². The summed E-state index contributed by atoms with van der Waals surface area (Å²) in [5, 5.41) is 4.82. The van der Waals surface area contributed by atoms with Gasteiger partial charge in [0.15, 0.2) is 11.9 Å². The van der Waals surface area contributed by atoms with Crippen molar-refractivity contribution in [3.63, 3.8) is 0 Å². The van der Waals surface area contributed by atoms with Gasteiger partial charge in [0.1, 0.15) is 11.2 Å². The van der Waals surface area contributed by atoms with E-state index < -0.39 is 0 Å². The smallest absolute Gasteiger partial charge is 0.264 e. The average molecular weight is 1100 g/mol. The van der Waals surface area contributed by atoms with Gasteiger partial charge in [-0.3, -0.25) is 4.98 Å². The van der Waals surface area contributed by atoms with Crippen LogP contribution in [0.5, 0.6) is 0 Å². The zero-order chi connectivity index (χ0) is 58.7. The van der Waals surface area contributed by atoms with Gasteiger partial charge in [-0.15, -0.1) is 0 Å². The Morgan fingerprint density at radius 1 is 0.440 bits per heavy atom. The molecule has 4 aliphatic rings. The molecule has 15 rings (SSSR count). The average Bonchev–Trinajstić information content (AvgIpc) is 1.46. The molecule has 3 atom stereocenters. The molecular weight excluding hydrogens is 1020 g/mol. The Balaban J connectivity index is 1.18. The second-order valence-corrected chi connectivity index (χ2v) is 30.1. The fourth-order valence-electron chi connectivity index (χ4n) is 15.1. The maximum absolute atomic E-state index is 4.74. The first kappa shape index (κ1) is 52.6. The van der Waals surface area contributed by atoms with Crippen molar-refractivity contribution in [2.75, 3.05) is 11.9 Å². The van der Waals surface area contributed by atoms with E-state index >= 15 is 0 Å². The molecule has 7 heterocycles. The minimum atomic E-state index is -0.370. The molecule has 11 aromatic rings. The monoisotopic (exact) mass is 1100 g/mol. The normalized spacial score (nSPS) is 18.7. The molecule has 0 N–H and O–H groups in total. The zero-order valence-electron chi connectivity index (χ0n) is 52.1. The summed E-state index contributed by atoms with van der Waals surface area (Å²) in [6, 6.07) is 65.0. The summed E-state index contributed by atoms with van der Waals surface area (Å²) in [7, 11) is 2.54. The summed E-state index contributed by atoms with van der Waals surface area (Å²) in [4.78, 5) is 7.61. The lowest BCUT2D eigenvalue weighted by Crippen LogP contribution is -2.80. The van der Waals surface area contributed by atoms with Crippen LogP contribution in [-0.4, -0.2) is 22.9 Å². The standard InChI is InChI=1S/C78H79N6/c1-74(2,3)51-34-36-80-68(45-51)81-64-27-18-17-23-58(64)59-31-32-61-63-42-50-46-79-35-33-47(50)41-62(63)60-26-22-30-67-71(60)84(80,72(61)70(59)81)73-82(65-28-19-20-29-66(65)83(67,73)16)69-56(48-37-52(75(4,5)6)43-53(38-48)76(7,8)9)24-21-25-57(69)49-39-54(77(10,11)12)44-55(40-49)78(13,14)15/h17-46,73H,1-16H3/q+3. The number of fused-ring (bicyclic) bond motifs is 13. The molecule has 0 radical (unpaired) electrons. The lowest BCUT2D eigenvalue weighted by Gasteiger charge is -2.42. The maximum atomic E-state index is 4.74. The van der Waals surface area contributed by atoms with Crippen molar-refractivity contribution in [1.82, 2.24) is 18.6 Å². The Kier molecular flexibility index (Phi) is 10.7. The lowest BCUT2D eigenvalue weighted by atomic mass is 9.77. The van der Waals surface area contributed by atoms with Crippen LogP contribution in [0.1, 0.15) is 132 Å². The van der Waals surface area contributed by atoms with E-state index in [4.69, 9.17) is 4.98 Å². The Morgan fingerprint density at radius 3 is 1.60 bits per heavy atom. The number of anilines is 2. The highest BCUT2D eigenvalue weighted by Gasteiger charge is 2.78. The predicted molar refractivity (Wildman–Crippen MR) is 355 cm³/mol. The van der Waals surface area contributed by atoms with E-state index in [0.29, 0.717) is 9.08 Å². The van der Waals surface area contributed by atoms with Crippen LogP contribution in [0.25, 0.3) is 82.9 Å². The van der Waals surface area contributed by atoms with Crippen molar-refractivity contribution in [3.8, 4) is 50.3 Å². The van der Waals surface area contributed by atoms with Crippen LogP contribution < -0.4 is 18.7 Å². The van der Waals surface area contributed by atoms with Gasteiger partial charge in [-0.05, 0) is 152 Å². The number of nitrogens with zero attached hydrogens (tertiary/aromatic N) is 6. The molecule has 0 aliphatic carbocycles. The van der Waals surface area contributed by atoms with Crippen molar-refractivity contribution in [1.29, 1.82) is 0 Å². The van der Waals surface area contributed by atoms with Gasteiger partial charge in [-0.1, -0.05) is 189 Å². The molecular formula is C78H79N6+3. The lowest BCUT2D eigenvalue weighted by molar-refractivity contribution is -0.796. The van der Waals surface area contributed by atoms with E-state index in [1.165, 1.54) is 134 Å². The topological polar surface area (TPSA) is 24.9 Å². The van der Waals surface area contributed by atoms with Gasteiger partial charge in [-0.2, -0.15) is 9.05 Å². The molecule has 3 unspecified atom stereocenters. The number of aromatic nitrogens is 3. The number of hydrogen-bond donors (Lipinski definition) is 0. The first-order chi connectivity index (χ1) is 39.7. The van der Waals surface area contributed by atoms with Crippen molar-refractivity contribution in [2.45, 2.75) is 137 Å². The van der Waals surface area contributed by atoms with E-state index in [9.17, 15) is 0 Å². The highest BCUT2D eigenvalue weighted by atomic mass is 15.9. The van der Waals surface area contributed by atoms with E-state index in [1.54, 1.807) is 0 Å². The summed E-state index contributed by atoms with van der Waals surface area (Å²) in [5.41, 5.74) is 25.9. The number of hydrogen-bond acceptors (Lipinski definition) is 2. The highest BCUT2D eigenvalue weighted by Crippen LogP contribution is 2.71. The number of quaternary nitrogens is 2. The van der Waals surface area contributed by atoms with Crippen molar-refractivity contribution >= 4 is 66.7 Å². The van der Waals surface area contributed by atoms with Crippen LogP contribution in [0.15, 0.2) is 182 Å². The Labute approximate surface area is 497 Å². The fourth-order valence-corrected chi connectivity index (χ4v) is 15.1. The minimum absolute atomic E-state index is 0.108. The molecule has 0 amide bonds. The van der Waals surface area contributed by atoms with Crippen molar-refractivity contribution in [2.24, 2.45) is 0 Å². The third-order valence-electron chi connectivity index (χ3n) is 19.6. The molecule has 8 aromatic carbocycles. The molecule has 0 bridgehead atoms. The molecule has 6 nitrogen and oxygen atoms in total.